The van der Waals surface area contributed by atoms with Crippen LogP contribution in [0.15, 0.2) is 77.8 Å². The number of aliphatic imine (C=N–C) groups is 1. The average molecular weight is 430 g/mol. The Morgan fingerprint density at radius 2 is 1.58 bits per heavy atom. The molecular formula is C21H15N3SY-2. The van der Waals surface area contributed by atoms with E-state index in [1.54, 1.807) is 18.4 Å². The van der Waals surface area contributed by atoms with E-state index >= 15 is 0 Å². The van der Waals surface area contributed by atoms with Crippen LogP contribution in [0.5, 0.6) is 0 Å². The zero-order valence-corrected chi connectivity index (χ0v) is 17.9. The van der Waals surface area contributed by atoms with Crippen LogP contribution in [0.4, 0.5) is 0 Å². The maximum Gasteiger partial charge on any atom is 0.0426 e. The van der Waals surface area contributed by atoms with Gasteiger partial charge in [0.1, 0.15) is 0 Å². The Morgan fingerprint density at radius 1 is 0.885 bits per heavy atom. The maximum absolute atomic E-state index is 10.4. The molecule has 0 spiro atoms. The number of thiophene rings is 1. The Morgan fingerprint density at radius 3 is 2.35 bits per heavy atom. The summed E-state index contributed by atoms with van der Waals surface area (Å²) >= 11 is 1.72. The molecule has 5 heteroatoms. The van der Waals surface area contributed by atoms with E-state index in [4.69, 9.17) is 0 Å². The Hall–Kier alpha value is -1.88. The predicted molar refractivity (Wildman–Crippen MR) is 109 cm³/mol. The largest absolute Gasteiger partial charge is 0.468 e. The smallest absolute Gasteiger partial charge is 0.0426 e. The van der Waals surface area contributed by atoms with Gasteiger partial charge in [-0.3, -0.25) is 0 Å². The molecule has 4 rings (SSSR count). The van der Waals surface area contributed by atoms with Crippen molar-refractivity contribution in [2.24, 2.45) is 4.99 Å². The fourth-order valence-electron chi connectivity index (χ4n) is 2.91. The van der Waals surface area contributed by atoms with E-state index in [9.17, 15) is 5.41 Å². The van der Waals surface area contributed by atoms with Crippen molar-refractivity contribution in [2.75, 3.05) is 7.05 Å². The second-order valence-electron chi connectivity index (χ2n) is 5.63. The fourth-order valence-corrected chi connectivity index (χ4v) is 4.12. The van der Waals surface area contributed by atoms with Crippen molar-refractivity contribution in [3.63, 3.8) is 0 Å². The van der Waals surface area contributed by atoms with Gasteiger partial charge >= 0.3 is 0 Å². The summed E-state index contributed by atoms with van der Waals surface area (Å²) in [5.41, 5.74) is 1.61. The van der Waals surface area contributed by atoms with Gasteiger partial charge in [-0.05, 0) is 17.2 Å². The Bertz CT molecular complexity index is 1100. The molecule has 0 atom stereocenters. The Balaban J connectivity index is 0.00000196. The number of benzene rings is 3. The minimum Gasteiger partial charge on any atom is -0.468 e. The van der Waals surface area contributed by atoms with Crippen molar-refractivity contribution in [2.45, 2.75) is 0 Å². The van der Waals surface area contributed by atoms with Gasteiger partial charge in [-0.15, -0.1) is 11.3 Å². The number of nitrogens with zero attached hydrogens (tertiary/aromatic N) is 3. The molecule has 26 heavy (non-hydrogen) atoms. The van der Waals surface area contributed by atoms with Crippen molar-refractivity contribution in [1.29, 1.82) is 0 Å². The Kier molecular flexibility index (Phi) is 5.97. The van der Waals surface area contributed by atoms with Crippen molar-refractivity contribution in [1.82, 2.24) is 0 Å². The zero-order valence-electron chi connectivity index (χ0n) is 14.3. The van der Waals surface area contributed by atoms with Gasteiger partial charge in [0.25, 0.3) is 0 Å². The van der Waals surface area contributed by atoms with Crippen LogP contribution in [0, 0.1) is 0 Å². The van der Waals surface area contributed by atoms with Crippen LogP contribution in [-0.2, 0) is 32.7 Å². The summed E-state index contributed by atoms with van der Waals surface area (Å²) in [7, 11) is 1.70. The van der Waals surface area contributed by atoms with Gasteiger partial charge in [0.2, 0.25) is 0 Å². The first kappa shape index (κ1) is 18.9. The number of amidine groups is 2. The molecule has 0 saturated carbocycles. The first-order valence-electron chi connectivity index (χ1n) is 7.98. The van der Waals surface area contributed by atoms with Crippen LogP contribution in [0.3, 0.4) is 0 Å². The SMILES string of the molecule is C[N-]C(=NC(=[N-])c1ccccc1)c1cccc2c1sc1ccccc12.[Y]. The van der Waals surface area contributed by atoms with Gasteiger partial charge in [-0.2, -0.15) is 0 Å². The summed E-state index contributed by atoms with van der Waals surface area (Å²) in [6.45, 7) is 0. The molecule has 1 heterocycles. The molecule has 1 radical (unpaired) electrons. The van der Waals surface area contributed by atoms with E-state index in [2.05, 4.69) is 34.6 Å². The van der Waals surface area contributed by atoms with Gasteiger partial charge in [0.05, 0.1) is 0 Å². The molecule has 3 nitrogen and oxygen atoms in total. The normalized spacial score (nSPS) is 11.3. The van der Waals surface area contributed by atoms with Crippen LogP contribution >= 0.6 is 11.3 Å². The number of rotatable bonds is 2. The second kappa shape index (κ2) is 8.21. The molecule has 0 unspecified atom stereocenters. The topological polar surface area (TPSA) is 48.8 Å². The van der Waals surface area contributed by atoms with Crippen LogP contribution < -0.4 is 0 Å². The molecule has 4 aromatic rings. The molecule has 0 amide bonds. The molecule has 0 N–H and O–H groups in total. The van der Waals surface area contributed by atoms with Gasteiger partial charge < -0.3 is 15.7 Å². The summed E-state index contributed by atoms with van der Waals surface area (Å²) in [4.78, 5) is 4.38. The quantitative estimate of drug-likeness (QED) is 0.284. The minimum absolute atomic E-state index is 0. The molecule has 0 aliphatic heterocycles. The standard InChI is InChI=1S/C21H15N3S.Y/c1-23-21(24-20(22)14-8-3-2-4-9-14)17-12-7-11-16-15-10-5-6-13-18(15)25-19(16)17;/h2-13H,1H3;/q-2;. The third-order valence-corrected chi connectivity index (χ3v) is 5.32. The van der Waals surface area contributed by atoms with Crippen molar-refractivity contribution < 1.29 is 32.7 Å². The monoisotopic (exact) mass is 430 g/mol. The van der Waals surface area contributed by atoms with Crippen molar-refractivity contribution in [3.05, 3.63) is 94.6 Å². The van der Waals surface area contributed by atoms with E-state index in [0.717, 1.165) is 10.3 Å². The van der Waals surface area contributed by atoms with Crippen LogP contribution in [-0.4, -0.2) is 18.7 Å². The van der Waals surface area contributed by atoms with E-state index in [0.29, 0.717) is 11.4 Å². The first-order chi connectivity index (χ1) is 12.3. The molecule has 0 bridgehead atoms. The van der Waals surface area contributed by atoms with Crippen LogP contribution in [0.25, 0.3) is 30.9 Å². The van der Waals surface area contributed by atoms with Gasteiger partial charge in [0.15, 0.2) is 0 Å². The van der Waals surface area contributed by atoms with Gasteiger partial charge in [-0.1, -0.05) is 85.4 Å². The number of hydrogen-bond donors (Lipinski definition) is 0. The van der Waals surface area contributed by atoms with E-state index < -0.39 is 0 Å². The predicted octanol–water partition coefficient (Wildman–Crippen LogP) is 5.82. The minimum atomic E-state index is -0.0284. The van der Waals surface area contributed by atoms with Crippen LogP contribution in [0.2, 0.25) is 0 Å². The van der Waals surface area contributed by atoms with Crippen molar-refractivity contribution >= 4 is 43.2 Å². The summed E-state index contributed by atoms with van der Waals surface area (Å²) in [5, 5.41) is 17.1. The summed E-state index contributed by atoms with van der Waals surface area (Å²) in [6.07, 6.45) is 0. The average Bonchev–Trinajstić information content (AvgIpc) is 3.05. The first-order valence-corrected chi connectivity index (χ1v) is 8.80. The fraction of sp³-hybridized carbons (Fsp3) is 0.0476. The number of hydrogen-bond acceptors (Lipinski definition) is 1. The molecule has 1 aromatic heterocycles. The summed E-state index contributed by atoms with van der Waals surface area (Å²) in [5.74, 6) is 0.498. The molecular weight excluding hydrogens is 415 g/mol. The van der Waals surface area contributed by atoms with Gasteiger partial charge in [-0.25, -0.2) is 0 Å². The number of fused-ring (bicyclic) bond motifs is 3. The van der Waals surface area contributed by atoms with E-state index in [-0.39, 0.29) is 38.5 Å². The zero-order chi connectivity index (χ0) is 17.2. The molecule has 0 saturated heterocycles. The molecule has 3 aromatic carbocycles. The second-order valence-corrected chi connectivity index (χ2v) is 6.68. The maximum atomic E-state index is 10.4. The molecule has 0 fully saturated rings. The molecule has 0 aliphatic rings. The van der Waals surface area contributed by atoms with E-state index in [1.807, 2.05) is 48.5 Å². The third-order valence-electron chi connectivity index (χ3n) is 4.10. The van der Waals surface area contributed by atoms with Gasteiger partial charge in [0, 0.05) is 52.9 Å². The summed E-state index contributed by atoms with van der Waals surface area (Å²) in [6, 6.07) is 23.8. The molecule has 0 aliphatic carbocycles. The van der Waals surface area contributed by atoms with E-state index in [1.165, 1.54) is 15.5 Å². The van der Waals surface area contributed by atoms with Crippen LogP contribution in [0.1, 0.15) is 11.1 Å². The van der Waals surface area contributed by atoms with Crippen molar-refractivity contribution in [3.8, 4) is 0 Å². The molecule has 125 valence electrons. The third kappa shape index (κ3) is 3.50. The Labute approximate surface area is 181 Å². The summed E-state index contributed by atoms with van der Waals surface area (Å²) < 4.78 is 2.37.